The third-order valence-corrected chi connectivity index (χ3v) is 4.00. The summed E-state index contributed by atoms with van der Waals surface area (Å²) in [6, 6.07) is 15.6. The quantitative estimate of drug-likeness (QED) is 0.917. The fraction of sp³-hybridized carbons (Fsp3) is 0.316. The van der Waals surface area contributed by atoms with E-state index in [0.29, 0.717) is 6.42 Å². The minimum atomic E-state index is -0.126. The summed E-state index contributed by atoms with van der Waals surface area (Å²) in [6.45, 7) is 3.98. The van der Waals surface area contributed by atoms with Gasteiger partial charge >= 0.3 is 0 Å². The Morgan fingerprint density at radius 2 is 1.82 bits per heavy atom. The Bertz CT molecular complexity index is 637. The van der Waals surface area contributed by atoms with Crippen molar-refractivity contribution in [2.24, 2.45) is 0 Å². The molecular formula is C19H23NO2. The van der Waals surface area contributed by atoms with Crippen LogP contribution in [0.3, 0.4) is 0 Å². The van der Waals surface area contributed by atoms with E-state index in [1.54, 1.807) is 11.9 Å². The van der Waals surface area contributed by atoms with Crippen molar-refractivity contribution >= 4 is 5.91 Å². The summed E-state index contributed by atoms with van der Waals surface area (Å²) in [5.41, 5.74) is 3.80. The van der Waals surface area contributed by atoms with Gasteiger partial charge in [-0.3, -0.25) is 4.79 Å². The van der Waals surface area contributed by atoms with Crippen LogP contribution >= 0.6 is 0 Å². The van der Waals surface area contributed by atoms with Crippen LogP contribution in [0.4, 0.5) is 0 Å². The van der Waals surface area contributed by atoms with Crippen molar-refractivity contribution in [3.63, 3.8) is 0 Å². The summed E-state index contributed by atoms with van der Waals surface area (Å²) < 4.78 is 0. The lowest BCUT2D eigenvalue weighted by molar-refractivity contribution is 0.0704. The molecule has 2 aromatic rings. The zero-order valence-electron chi connectivity index (χ0n) is 13.4. The van der Waals surface area contributed by atoms with E-state index >= 15 is 0 Å². The standard InChI is InChI=1S/C19H23NO2/c1-14-9-10-15(2)17(13-14)19(22)20(3)18(11-12-21)16-7-5-4-6-8-16/h4-10,13,18,21H,11-12H2,1-3H3. The molecule has 0 aromatic heterocycles. The Morgan fingerprint density at radius 1 is 1.14 bits per heavy atom. The van der Waals surface area contributed by atoms with Gasteiger partial charge in [-0.2, -0.15) is 0 Å². The van der Waals surface area contributed by atoms with Gasteiger partial charge in [-0.05, 0) is 37.5 Å². The van der Waals surface area contributed by atoms with Crippen LogP contribution in [0.15, 0.2) is 48.5 Å². The van der Waals surface area contributed by atoms with Gasteiger partial charge in [0.15, 0.2) is 0 Å². The average Bonchev–Trinajstić information content (AvgIpc) is 2.54. The van der Waals surface area contributed by atoms with Crippen LogP contribution in [0.25, 0.3) is 0 Å². The summed E-state index contributed by atoms with van der Waals surface area (Å²) in [4.78, 5) is 14.6. The molecule has 3 nitrogen and oxygen atoms in total. The Morgan fingerprint density at radius 3 is 2.45 bits per heavy atom. The molecule has 116 valence electrons. The second-order valence-corrected chi connectivity index (χ2v) is 5.67. The lowest BCUT2D eigenvalue weighted by atomic mass is 10.00. The molecule has 0 spiro atoms. The van der Waals surface area contributed by atoms with Crippen LogP contribution in [0, 0.1) is 13.8 Å². The van der Waals surface area contributed by atoms with Gasteiger partial charge in [0.05, 0.1) is 6.04 Å². The molecule has 0 aliphatic heterocycles. The van der Waals surface area contributed by atoms with Crippen molar-refractivity contribution in [3.8, 4) is 0 Å². The number of carbonyl (C=O) groups is 1. The molecule has 0 bridgehead atoms. The highest BCUT2D eigenvalue weighted by Gasteiger charge is 2.23. The smallest absolute Gasteiger partial charge is 0.254 e. The molecule has 3 heteroatoms. The Labute approximate surface area is 132 Å². The lowest BCUT2D eigenvalue weighted by Gasteiger charge is -2.29. The Balaban J connectivity index is 2.32. The number of rotatable bonds is 5. The fourth-order valence-corrected chi connectivity index (χ4v) is 2.68. The first-order valence-electron chi connectivity index (χ1n) is 7.55. The number of amides is 1. The summed E-state index contributed by atoms with van der Waals surface area (Å²) in [7, 11) is 1.80. The largest absolute Gasteiger partial charge is 0.396 e. The SMILES string of the molecule is Cc1ccc(C)c(C(=O)N(C)C(CCO)c2ccccc2)c1. The lowest BCUT2D eigenvalue weighted by Crippen LogP contribution is -2.32. The predicted octanol–water partition coefficient (Wildman–Crippen LogP) is 3.50. The van der Waals surface area contributed by atoms with Gasteiger partial charge in [0, 0.05) is 19.2 Å². The van der Waals surface area contributed by atoms with Crippen molar-refractivity contribution in [1.29, 1.82) is 0 Å². The third-order valence-electron chi connectivity index (χ3n) is 4.00. The van der Waals surface area contributed by atoms with Gasteiger partial charge in [-0.1, -0.05) is 48.0 Å². The van der Waals surface area contributed by atoms with E-state index in [1.807, 2.05) is 62.4 Å². The van der Waals surface area contributed by atoms with E-state index in [4.69, 9.17) is 0 Å². The molecule has 1 atom stereocenters. The number of aryl methyl sites for hydroxylation is 2. The number of aliphatic hydroxyl groups is 1. The van der Waals surface area contributed by atoms with E-state index in [-0.39, 0.29) is 18.6 Å². The normalized spacial score (nSPS) is 12.0. The first-order valence-corrected chi connectivity index (χ1v) is 7.55. The van der Waals surface area contributed by atoms with Crippen LogP contribution in [-0.4, -0.2) is 29.6 Å². The Hall–Kier alpha value is -2.13. The number of nitrogens with zero attached hydrogens (tertiary/aromatic N) is 1. The van der Waals surface area contributed by atoms with Gasteiger partial charge < -0.3 is 10.0 Å². The van der Waals surface area contributed by atoms with E-state index in [9.17, 15) is 9.90 Å². The van der Waals surface area contributed by atoms with Crippen molar-refractivity contribution in [1.82, 2.24) is 4.90 Å². The molecule has 0 saturated heterocycles. The molecular weight excluding hydrogens is 274 g/mol. The molecule has 0 saturated carbocycles. The summed E-state index contributed by atoms with van der Waals surface area (Å²) in [5, 5.41) is 9.36. The monoisotopic (exact) mass is 297 g/mol. The summed E-state index contributed by atoms with van der Waals surface area (Å²) >= 11 is 0. The molecule has 1 N–H and O–H groups in total. The highest BCUT2D eigenvalue weighted by Crippen LogP contribution is 2.25. The minimum Gasteiger partial charge on any atom is -0.396 e. The van der Waals surface area contributed by atoms with Crippen LogP contribution in [0.2, 0.25) is 0 Å². The molecule has 0 aliphatic rings. The molecule has 2 aromatic carbocycles. The number of carbonyl (C=O) groups excluding carboxylic acids is 1. The van der Waals surface area contributed by atoms with Crippen molar-refractivity contribution in [2.75, 3.05) is 13.7 Å². The van der Waals surface area contributed by atoms with Crippen molar-refractivity contribution in [3.05, 3.63) is 70.8 Å². The van der Waals surface area contributed by atoms with Gasteiger partial charge in [-0.15, -0.1) is 0 Å². The van der Waals surface area contributed by atoms with Crippen molar-refractivity contribution in [2.45, 2.75) is 26.3 Å². The zero-order chi connectivity index (χ0) is 16.1. The average molecular weight is 297 g/mol. The van der Waals surface area contributed by atoms with E-state index in [1.165, 1.54) is 0 Å². The van der Waals surface area contributed by atoms with Gasteiger partial charge in [0.2, 0.25) is 0 Å². The number of benzene rings is 2. The van der Waals surface area contributed by atoms with Gasteiger partial charge in [0.1, 0.15) is 0 Å². The zero-order valence-corrected chi connectivity index (χ0v) is 13.4. The third kappa shape index (κ3) is 3.55. The van der Waals surface area contributed by atoms with E-state index < -0.39 is 0 Å². The molecule has 22 heavy (non-hydrogen) atoms. The van der Waals surface area contributed by atoms with Crippen LogP contribution in [0.5, 0.6) is 0 Å². The van der Waals surface area contributed by atoms with E-state index in [0.717, 1.165) is 22.3 Å². The minimum absolute atomic E-state index is 0.0106. The van der Waals surface area contributed by atoms with Crippen LogP contribution in [0.1, 0.15) is 39.5 Å². The number of hydrogen-bond donors (Lipinski definition) is 1. The molecule has 1 unspecified atom stereocenters. The van der Waals surface area contributed by atoms with Gasteiger partial charge in [0.25, 0.3) is 5.91 Å². The molecule has 0 radical (unpaired) electrons. The molecule has 0 heterocycles. The maximum Gasteiger partial charge on any atom is 0.254 e. The fourth-order valence-electron chi connectivity index (χ4n) is 2.68. The van der Waals surface area contributed by atoms with Gasteiger partial charge in [-0.25, -0.2) is 0 Å². The molecule has 0 aliphatic carbocycles. The highest BCUT2D eigenvalue weighted by atomic mass is 16.3. The number of aliphatic hydroxyl groups excluding tert-OH is 1. The van der Waals surface area contributed by atoms with Crippen molar-refractivity contribution < 1.29 is 9.90 Å². The van der Waals surface area contributed by atoms with Crippen LogP contribution < -0.4 is 0 Å². The maximum absolute atomic E-state index is 12.9. The summed E-state index contributed by atoms with van der Waals surface area (Å²) in [6.07, 6.45) is 0.525. The first-order chi connectivity index (χ1) is 10.5. The highest BCUT2D eigenvalue weighted by molar-refractivity contribution is 5.96. The second kappa shape index (κ2) is 7.23. The second-order valence-electron chi connectivity index (χ2n) is 5.67. The van der Waals surface area contributed by atoms with Crippen LogP contribution in [-0.2, 0) is 0 Å². The van der Waals surface area contributed by atoms with E-state index in [2.05, 4.69) is 0 Å². The topological polar surface area (TPSA) is 40.5 Å². The predicted molar refractivity (Wildman–Crippen MR) is 88.9 cm³/mol. The summed E-state index contributed by atoms with van der Waals surface area (Å²) in [5.74, 6) is -0.0106. The molecule has 2 rings (SSSR count). The number of hydrogen-bond acceptors (Lipinski definition) is 2. The molecule has 0 fully saturated rings. The molecule has 1 amide bonds. The Kier molecular flexibility index (Phi) is 5.34. The maximum atomic E-state index is 12.9. The first kappa shape index (κ1) is 16.2.